The van der Waals surface area contributed by atoms with Crippen LogP contribution in [0.25, 0.3) is 0 Å². The molecule has 0 heterocycles. The van der Waals surface area contributed by atoms with Crippen LogP contribution in [0.5, 0.6) is 0 Å². The van der Waals surface area contributed by atoms with Gasteiger partial charge in [0.15, 0.2) is 0 Å². The van der Waals surface area contributed by atoms with Gasteiger partial charge in [-0.3, -0.25) is 33.6 Å². The maximum atomic E-state index is 13.5. The third-order valence-electron chi connectivity index (χ3n) is 7.20. The van der Waals surface area contributed by atoms with Gasteiger partial charge in [0.2, 0.25) is 41.4 Å². The zero-order valence-corrected chi connectivity index (χ0v) is 29.3. The first-order valence-corrected chi connectivity index (χ1v) is 16.7. The van der Waals surface area contributed by atoms with Crippen LogP contribution in [0.15, 0.2) is 0 Å². The molecule has 0 spiro atoms. The summed E-state index contributed by atoms with van der Waals surface area (Å²) in [5.74, 6) is -3.68. The molecule has 5 atom stereocenters. The number of amides is 7. The number of nitrogens with two attached hydrogens (primary N) is 1. The van der Waals surface area contributed by atoms with E-state index in [1.54, 1.807) is 13.8 Å². The normalized spacial score (nSPS) is 14.4. The Kier molecular flexibility index (Phi) is 19.1. The first-order valence-electron chi connectivity index (χ1n) is 15.3. The molecule has 45 heavy (non-hydrogen) atoms. The Labute approximate surface area is 272 Å². The van der Waals surface area contributed by atoms with Gasteiger partial charge in [-0.05, 0) is 42.6 Å². The van der Waals surface area contributed by atoms with Gasteiger partial charge in [0.05, 0.1) is 13.1 Å². The summed E-state index contributed by atoms with van der Waals surface area (Å²) in [6, 6.07) is -3.78. The van der Waals surface area contributed by atoms with Crippen molar-refractivity contribution in [3.63, 3.8) is 0 Å². The molecule has 5 unspecified atom stereocenters. The summed E-state index contributed by atoms with van der Waals surface area (Å²) < 4.78 is 0. The smallest absolute Gasteiger partial charge is 0.245 e. The maximum Gasteiger partial charge on any atom is 0.245 e. The second kappa shape index (κ2) is 20.6. The summed E-state index contributed by atoms with van der Waals surface area (Å²) in [4.78, 5) is 91.3. The van der Waals surface area contributed by atoms with Crippen molar-refractivity contribution < 1.29 is 33.6 Å². The molecule has 0 aromatic carbocycles. The molecule has 0 aliphatic carbocycles. The number of nitrogens with one attached hydrogen (secondary N) is 4. The second-order valence-corrected chi connectivity index (χ2v) is 13.2. The minimum atomic E-state index is -1.01. The van der Waals surface area contributed by atoms with Crippen molar-refractivity contribution in [1.82, 2.24) is 31.1 Å². The average molecular weight is 658 g/mol. The van der Waals surface area contributed by atoms with E-state index < -0.39 is 59.6 Å². The van der Waals surface area contributed by atoms with E-state index in [4.69, 9.17) is 5.73 Å². The van der Waals surface area contributed by atoms with Crippen LogP contribution in [0.3, 0.4) is 0 Å². The Morgan fingerprint density at radius 3 is 1.76 bits per heavy atom. The van der Waals surface area contributed by atoms with Crippen molar-refractivity contribution >= 4 is 53.1 Å². The monoisotopic (exact) mass is 657 g/mol. The molecule has 0 fully saturated rings. The standard InChI is InChI=1S/C30H55N7O7S/c1-11-19(6)26(32-20(7)38)30(44)37(9)16-24(40)33-22(14-17(2)3)28(42)34-21(12-13-45-10)27(41)35-25(18(4)5)29(43)36(8)15-23(31)39/h17-19,21-22,25-26H,11-16H2,1-10H3,(H2,31,39)(H,32,38)(H,33,40)(H,34,42)(H,35,41). The number of primary amides is 1. The highest BCUT2D eigenvalue weighted by atomic mass is 32.2. The highest BCUT2D eigenvalue weighted by molar-refractivity contribution is 7.98. The lowest BCUT2D eigenvalue weighted by atomic mass is 9.98. The molecule has 258 valence electrons. The largest absolute Gasteiger partial charge is 0.368 e. The van der Waals surface area contributed by atoms with Crippen molar-refractivity contribution in [3.8, 4) is 0 Å². The van der Waals surface area contributed by atoms with E-state index in [9.17, 15) is 33.6 Å². The number of rotatable bonds is 20. The summed E-state index contributed by atoms with van der Waals surface area (Å²) in [7, 11) is 2.86. The molecule has 14 nitrogen and oxygen atoms in total. The van der Waals surface area contributed by atoms with Crippen molar-refractivity contribution in [2.24, 2.45) is 23.5 Å². The van der Waals surface area contributed by atoms with Gasteiger partial charge in [0.1, 0.15) is 24.2 Å². The Morgan fingerprint density at radius 2 is 1.29 bits per heavy atom. The molecule has 6 N–H and O–H groups in total. The molecular formula is C30H55N7O7S. The molecule has 0 radical (unpaired) electrons. The summed E-state index contributed by atoms with van der Waals surface area (Å²) in [5, 5.41) is 10.8. The van der Waals surface area contributed by atoms with Crippen LogP contribution in [-0.2, 0) is 33.6 Å². The van der Waals surface area contributed by atoms with E-state index in [-0.39, 0.29) is 49.6 Å². The lowest BCUT2D eigenvalue weighted by molar-refractivity contribution is -0.140. The number of thioether (sulfide) groups is 1. The minimum Gasteiger partial charge on any atom is -0.368 e. The van der Waals surface area contributed by atoms with Crippen molar-refractivity contribution in [1.29, 1.82) is 0 Å². The highest BCUT2D eigenvalue weighted by Crippen LogP contribution is 2.12. The predicted octanol–water partition coefficient (Wildman–Crippen LogP) is -0.151. The van der Waals surface area contributed by atoms with Gasteiger partial charge >= 0.3 is 0 Å². The van der Waals surface area contributed by atoms with Crippen LogP contribution in [0.1, 0.15) is 67.7 Å². The molecule has 0 saturated carbocycles. The fourth-order valence-electron chi connectivity index (χ4n) is 4.47. The number of nitrogens with zero attached hydrogens (tertiary/aromatic N) is 2. The van der Waals surface area contributed by atoms with Crippen LogP contribution in [0.2, 0.25) is 0 Å². The Bertz CT molecular complexity index is 1040. The fourth-order valence-corrected chi connectivity index (χ4v) is 4.94. The van der Waals surface area contributed by atoms with E-state index in [1.165, 1.54) is 37.7 Å². The van der Waals surface area contributed by atoms with E-state index in [1.807, 2.05) is 34.0 Å². The molecule has 0 saturated heterocycles. The molecule has 0 rings (SSSR count). The zero-order valence-electron chi connectivity index (χ0n) is 28.5. The summed E-state index contributed by atoms with van der Waals surface area (Å²) in [6.45, 7) is 11.6. The molecule has 0 aliphatic heterocycles. The Balaban J connectivity index is 5.82. The second-order valence-electron chi connectivity index (χ2n) is 12.2. The molecule has 7 amide bonds. The summed E-state index contributed by atoms with van der Waals surface area (Å²) >= 11 is 1.47. The molecule has 0 aliphatic rings. The Hall–Kier alpha value is -3.36. The predicted molar refractivity (Wildman–Crippen MR) is 175 cm³/mol. The fraction of sp³-hybridized carbons (Fsp3) is 0.767. The third kappa shape index (κ3) is 15.5. The van der Waals surface area contributed by atoms with Crippen molar-refractivity contribution in [2.45, 2.75) is 91.9 Å². The summed E-state index contributed by atoms with van der Waals surface area (Å²) in [5.41, 5.74) is 5.22. The molecular weight excluding hydrogens is 602 g/mol. The molecule has 0 aromatic heterocycles. The van der Waals surface area contributed by atoms with Gasteiger partial charge in [0.25, 0.3) is 0 Å². The minimum absolute atomic E-state index is 0.00262. The van der Waals surface area contributed by atoms with Crippen LogP contribution < -0.4 is 27.0 Å². The number of carbonyl (C=O) groups excluding carboxylic acids is 7. The van der Waals surface area contributed by atoms with Gasteiger partial charge in [-0.15, -0.1) is 0 Å². The zero-order chi connectivity index (χ0) is 35.0. The quantitative estimate of drug-likeness (QED) is 0.119. The first kappa shape index (κ1) is 41.6. The Morgan fingerprint density at radius 1 is 0.756 bits per heavy atom. The highest BCUT2D eigenvalue weighted by Gasteiger charge is 2.33. The number of hydrogen-bond donors (Lipinski definition) is 5. The molecule has 0 aromatic rings. The third-order valence-corrected chi connectivity index (χ3v) is 7.84. The van der Waals surface area contributed by atoms with Crippen molar-refractivity contribution in [2.75, 3.05) is 39.2 Å². The number of hydrogen-bond acceptors (Lipinski definition) is 8. The van der Waals surface area contributed by atoms with E-state index >= 15 is 0 Å². The van der Waals surface area contributed by atoms with E-state index in [2.05, 4.69) is 21.3 Å². The first-order chi connectivity index (χ1) is 20.9. The summed E-state index contributed by atoms with van der Waals surface area (Å²) in [6.07, 6.45) is 3.01. The van der Waals surface area contributed by atoms with Crippen LogP contribution in [0, 0.1) is 17.8 Å². The van der Waals surface area contributed by atoms with Crippen molar-refractivity contribution in [3.05, 3.63) is 0 Å². The molecule has 0 bridgehead atoms. The van der Waals surface area contributed by atoms with Gasteiger partial charge in [0, 0.05) is 21.0 Å². The van der Waals surface area contributed by atoms with E-state index in [0.717, 1.165) is 4.90 Å². The lowest BCUT2D eigenvalue weighted by Gasteiger charge is -2.30. The topological polar surface area (TPSA) is 200 Å². The number of carbonyl (C=O) groups is 7. The van der Waals surface area contributed by atoms with Gasteiger partial charge in [-0.2, -0.15) is 11.8 Å². The van der Waals surface area contributed by atoms with Crippen LogP contribution in [-0.4, -0.2) is 115 Å². The maximum absolute atomic E-state index is 13.5. The van der Waals surface area contributed by atoms with Gasteiger partial charge in [-0.25, -0.2) is 0 Å². The lowest BCUT2D eigenvalue weighted by Crippen LogP contribution is -2.59. The number of likely N-dealkylation sites (N-methyl/N-ethyl adjacent to an activating group) is 2. The van der Waals surface area contributed by atoms with Gasteiger partial charge < -0.3 is 36.8 Å². The van der Waals surface area contributed by atoms with Crippen LogP contribution >= 0.6 is 11.8 Å². The van der Waals surface area contributed by atoms with Gasteiger partial charge in [-0.1, -0.05) is 48.0 Å². The molecule has 15 heteroatoms. The van der Waals surface area contributed by atoms with Crippen LogP contribution in [0.4, 0.5) is 0 Å². The average Bonchev–Trinajstić information content (AvgIpc) is 2.93. The van der Waals surface area contributed by atoms with E-state index in [0.29, 0.717) is 12.2 Å². The SMILES string of the molecule is CCC(C)C(NC(C)=O)C(=O)N(C)CC(=O)NC(CC(C)C)C(=O)NC(CCSC)C(=O)NC(C(=O)N(C)CC(N)=O)C(C)C.